The first kappa shape index (κ1) is 16.0. The molecule has 0 aliphatic carbocycles. The van der Waals surface area contributed by atoms with Crippen LogP contribution in [0.25, 0.3) is 22.5 Å². The van der Waals surface area contributed by atoms with Crippen molar-refractivity contribution in [3.63, 3.8) is 0 Å². The highest BCUT2D eigenvalue weighted by molar-refractivity contribution is 5.94. The maximum absolute atomic E-state index is 12.2. The molecule has 0 saturated carbocycles. The number of benzene rings is 2. The molecule has 1 N–H and O–H groups in total. The van der Waals surface area contributed by atoms with Crippen molar-refractivity contribution in [2.24, 2.45) is 0 Å². The number of aromatic nitrogens is 1. The number of nitrogens with zero attached hydrogens (tertiary/aromatic N) is 1. The molecule has 0 spiro atoms. The maximum Gasteiger partial charge on any atom is 0.251 e. The lowest BCUT2D eigenvalue weighted by molar-refractivity contribution is 0.0949. The van der Waals surface area contributed by atoms with E-state index in [2.05, 4.69) is 10.5 Å². The first-order valence-electron chi connectivity index (χ1n) is 8.10. The molecule has 1 amide bonds. The van der Waals surface area contributed by atoms with Gasteiger partial charge in [-0.05, 0) is 30.3 Å². The van der Waals surface area contributed by atoms with E-state index in [1.165, 1.54) is 0 Å². The summed E-state index contributed by atoms with van der Waals surface area (Å²) >= 11 is 0. The van der Waals surface area contributed by atoms with Gasteiger partial charge < -0.3 is 19.0 Å². The second kappa shape index (κ2) is 6.76. The molecule has 0 aliphatic rings. The van der Waals surface area contributed by atoms with Gasteiger partial charge in [0.15, 0.2) is 5.76 Å². The number of fused-ring (bicyclic) bond motifs is 1. The summed E-state index contributed by atoms with van der Waals surface area (Å²) < 4.78 is 16.2. The van der Waals surface area contributed by atoms with Gasteiger partial charge in [-0.2, -0.15) is 0 Å². The van der Waals surface area contributed by atoms with Crippen molar-refractivity contribution in [3.05, 3.63) is 71.9 Å². The highest BCUT2D eigenvalue weighted by Crippen LogP contribution is 2.28. The standard InChI is InChI=1S/C20H16N2O4/c1-24-16-7-4-6-14(9-16)20(23)21-12-15-11-19(26-22-15)18-10-13-5-2-3-8-17(13)25-18/h2-11H,12H2,1H3,(H,21,23). The van der Waals surface area contributed by atoms with E-state index >= 15 is 0 Å². The summed E-state index contributed by atoms with van der Waals surface area (Å²) in [6.45, 7) is 0.250. The number of methoxy groups -OCH3 is 1. The molecule has 0 atom stereocenters. The number of hydrogen-bond donors (Lipinski definition) is 1. The van der Waals surface area contributed by atoms with Gasteiger partial charge in [-0.25, -0.2) is 0 Å². The van der Waals surface area contributed by atoms with E-state index in [0.29, 0.717) is 28.5 Å². The van der Waals surface area contributed by atoms with E-state index in [1.807, 2.05) is 30.3 Å². The van der Waals surface area contributed by atoms with Crippen molar-refractivity contribution in [1.82, 2.24) is 10.5 Å². The Morgan fingerprint density at radius 2 is 1.96 bits per heavy atom. The van der Waals surface area contributed by atoms with Gasteiger partial charge in [-0.3, -0.25) is 4.79 Å². The van der Waals surface area contributed by atoms with Crippen LogP contribution in [-0.4, -0.2) is 18.2 Å². The molecule has 4 rings (SSSR count). The van der Waals surface area contributed by atoms with E-state index in [0.717, 1.165) is 11.0 Å². The van der Waals surface area contributed by atoms with Gasteiger partial charge in [0.1, 0.15) is 17.0 Å². The van der Waals surface area contributed by atoms with E-state index in [9.17, 15) is 4.79 Å². The van der Waals surface area contributed by atoms with Crippen molar-refractivity contribution in [2.75, 3.05) is 7.11 Å². The second-order valence-electron chi connectivity index (χ2n) is 5.75. The van der Waals surface area contributed by atoms with Gasteiger partial charge in [0.2, 0.25) is 5.76 Å². The molecule has 6 heteroatoms. The Labute approximate surface area is 149 Å². The lowest BCUT2D eigenvalue weighted by atomic mass is 10.2. The molecule has 4 aromatic rings. The molecule has 0 aliphatic heterocycles. The van der Waals surface area contributed by atoms with Crippen LogP contribution in [-0.2, 0) is 6.54 Å². The van der Waals surface area contributed by atoms with Crippen LogP contribution in [0.2, 0.25) is 0 Å². The molecule has 0 radical (unpaired) electrons. The monoisotopic (exact) mass is 348 g/mol. The molecule has 26 heavy (non-hydrogen) atoms. The van der Waals surface area contributed by atoms with E-state index in [4.69, 9.17) is 13.7 Å². The zero-order valence-corrected chi connectivity index (χ0v) is 14.1. The minimum absolute atomic E-state index is 0.211. The highest BCUT2D eigenvalue weighted by Gasteiger charge is 2.13. The lowest BCUT2D eigenvalue weighted by Gasteiger charge is -2.04. The predicted molar refractivity (Wildman–Crippen MR) is 95.9 cm³/mol. The number of rotatable bonds is 5. The highest BCUT2D eigenvalue weighted by atomic mass is 16.5. The Hall–Kier alpha value is -3.54. The third kappa shape index (κ3) is 3.17. The molecule has 6 nitrogen and oxygen atoms in total. The third-order valence-electron chi connectivity index (χ3n) is 3.99. The fourth-order valence-corrected chi connectivity index (χ4v) is 2.65. The fraction of sp³-hybridized carbons (Fsp3) is 0.100. The van der Waals surface area contributed by atoms with Crippen LogP contribution in [0.3, 0.4) is 0 Å². The van der Waals surface area contributed by atoms with Crippen LogP contribution >= 0.6 is 0 Å². The Bertz CT molecular complexity index is 1030. The smallest absolute Gasteiger partial charge is 0.251 e. The van der Waals surface area contributed by atoms with Crippen LogP contribution in [0.1, 0.15) is 16.1 Å². The molecule has 2 heterocycles. The maximum atomic E-state index is 12.2. The van der Waals surface area contributed by atoms with Crippen molar-refractivity contribution in [3.8, 4) is 17.3 Å². The van der Waals surface area contributed by atoms with Crippen molar-refractivity contribution in [1.29, 1.82) is 0 Å². The van der Waals surface area contributed by atoms with Crippen molar-refractivity contribution < 1.29 is 18.5 Å². The van der Waals surface area contributed by atoms with E-state index in [1.54, 1.807) is 37.4 Å². The molecule has 2 aromatic heterocycles. The normalized spacial score (nSPS) is 10.8. The van der Waals surface area contributed by atoms with Crippen LogP contribution < -0.4 is 10.1 Å². The summed E-state index contributed by atoms with van der Waals surface area (Å²) in [6.07, 6.45) is 0. The lowest BCUT2D eigenvalue weighted by Crippen LogP contribution is -2.22. The Kier molecular flexibility index (Phi) is 4.15. The van der Waals surface area contributed by atoms with Gasteiger partial charge in [0, 0.05) is 17.0 Å². The molecular formula is C20H16N2O4. The summed E-state index contributed by atoms with van der Waals surface area (Å²) in [5.41, 5.74) is 1.91. The predicted octanol–water partition coefficient (Wildman–Crippen LogP) is 4.03. The molecule has 2 aromatic carbocycles. The van der Waals surface area contributed by atoms with Gasteiger partial charge in [0.05, 0.1) is 13.7 Å². The molecule has 0 saturated heterocycles. The van der Waals surface area contributed by atoms with Crippen LogP contribution in [0, 0.1) is 0 Å². The number of furan rings is 1. The third-order valence-corrected chi connectivity index (χ3v) is 3.99. The molecular weight excluding hydrogens is 332 g/mol. The van der Waals surface area contributed by atoms with E-state index < -0.39 is 0 Å². The van der Waals surface area contributed by atoms with Gasteiger partial charge in [-0.15, -0.1) is 0 Å². The summed E-state index contributed by atoms with van der Waals surface area (Å²) in [6, 6.07) is 18.3. The number of carbonyl (C=O) groups is 1. The van der Waals surface area contributed by atoms with E-state index in [-0.39, 0.29) is 12.5 Å². The number of ether oxygens (including phenoxy) is 1. The Balaban J connectivity index is 1.45. The molecule has 0 fully saturated rings. The first-order valence-corrected chi connectivity index (χ1v) is 8.10. The average molecular weight is 348 g/mol. The van der Waals surface area contributed by atoms with Crippen molar-refractivity contribution >= 4 is 16.9 Å². The van der Waals surface area contributed by atoms with Crippen LogP contribution in [0.15, 0.2) is 69.6 Å². The molecule has 0 bridgehead atoms. The van der Waals surface area contributed by atoms with Crippen molar-refractivity contribution in [2.45, 2.75) is 6.54 Å². The number of carbonyl (C=O) groups excluding carboxylic acids is 1. The Morgan fingerprint density at radius 1 is 1.08 bits per heavy atom. The summed E-state index contributed by atoms with van der Waals surface area (Å²) in [5, 5.41) is 7.79. The largest absolute Gasteiger partial charge is 0.497 e. The fourth-order valence-electron chi connectivity index (χ4n) is 2.65. The quantitative estimate of drug-likeness (QED) is 0.589. The summed E-state index contributed by atoms with van der Waals surface area (Å²) in [7, 11) is 1.56. The molecule has 130 valence electrons. The average Bonchev–Trinajstić information content (AvgIpc) is 3.32. The second-order valence-corrected chi connectivity index (χ2v) is 5.75. The number of hydrogen-bond acceptors (Lipinski definition) is 5. The number of para-hydroxylation sites is 1. The SMILES string of the molecule is COc1cccc(C(=O)NCc2cc(-c3cc4ccccc4o3)on2)c1. The minimum Gasteiger partial charge on any atom is -0.497 e. The Morgan fingerprint density at radius 3 is 2.81 bits per heavy atom. The zero-order chi connectivity index (χ0) is 17.9. The summed E-state index contributed by atoms with van der Waals surface area (Å²) in [4.78, 5) is 12.2. The number of nitrogens with one attached hydrogen (secondary N) is 1. The zero-order valence-electron chi connectivity index (χ0n) is 14.1. The topological polar surface area (TPSA) is 77.5 Å². The van der Waals surface area contributed by atoms with Gasteiger partial charge in [-0.1, -0.05) is 29.4 Å². The molecule has 0 unspecified atom stereocenters. The van der Waals surface area contributed by atoms with Gasteiger partial charge >= 0.3 is 0 Å². The minimum atomic E-state index is -0.211. The summed E-state index contributed by atoms with van der Waals surface area (Å²) in [5.74, 6) is 1.54. The van der Waals surface area contributed by atoms with Crippen LogP contribution in [0.4, 0.5) is 0 Å². The number of amides is 1. The van der Waals surface area contributed by atoms with Gasteiger partial charge in [0.25, 0.3) is 5.91 Å². The first-order chi connectivity index (χ1) is 12.7. The van der Waals surface area contributed by atoms with Crippen LogP contribution in [0.5, 0.6) is 5.75 Å².